The molecule has 0 unspecified atom stereocenters. The summed E-state index contributed by atoms with van der Waals surface area (Å²) >= 11 is 13.5. The zero-order valence-corrected chi connectivity index (χ0v) is 16.2. The molecule has 7 heteroatoms. The third-order valence-electron chi connectivity index (χ3n) is 3.73. The van der Waals surface area contributed by atoms with Gasteiger partial charge in [0.25, 0.3) is 0 Å². The van der Waals surface area contributed by atoms with Gasteiger partial charge in [0, 0.05) is 27.0 Å². The van der Waals surface area contributed by atoms with Crippen LogP contribution < -0.4 is 5.32 Å². The third kappa shape index (κ3) is 4.61. The van der Waals surface area contributed by atoms with Gasteiger partial charge in [-0.1, -0.05) is 29.3 Å². The zero-order chi connectivity index (χ0) is 18.7. The molecule has 3 rings (SSSR count). The molecule has 0 fully saturated rings. The molecule has 0 aliphatic heterocycles. The van der Waals surface area contributed by atoms with Crippen LogP contribution in [0.25, 0.3) is 11.3 Å². The van der Waals surface area contributed by atoms with E-state index in [9.17, 15) is 9.18 Å². The molecule has 0 aliphatic carbocycles. The molecule has 3 aromatic rings. The molecule has 1 aromatic heterocycles. The summed E-state index contributed by atoms with van der Waals surface area (Å²) in [5.41, 5.74) is 2.30. The number of aryl methyl sites for hydroxylation is 1. The van der Waals surface area contributed by atoms with Crippen molar-refractivity contribution in [2.24, 2.45) is 0 Å². The van der Waals surface area contributed by atoms with Crippen molar-refractivity contribution >= 4 is 40.4 Å². The van der Waals surface area contributed by atoms with Crippen molar-refractivity contribution in [1.29, 1.82) is 0 Å². The number of carbonyl (C=O) groups is 1. The molecule has 2 aromatic carbocycles. The highest BCUT2D eigenvalue weighted by atomic mass is 35.5. The number of nitrogens with one attached hydrogen (secondary N) is 1. The molecule has 0 atom stereocenters. The number of carbonyl (C=O) groups excluding carboxylic acids is 1. The number of hydrogen-bond donors (Lipinski definition) is 1. The van der Waals surface area contributed by atoms with Gasteiger partial charge in [-0.2, -0.15) is 0 Å². The fourth-order valence-corrected chi connectivity index (χ4v) is 3.92. The van der Waals surface area contributed by atoms with E-state index in [1.165, 1.54) is 23.5 Å². The van der Waals surface area contributed by atoms with Gasteiger partial charge in [-0.15, -0.1) is 11.3 Å². The summed E-state index contributed by atoms with van der Waals surface area (Å²) in [7, 11) is 0. The molecule has 0 radical (unpaired) electrons. The first-order valence-corrected chi connectivity index (χ1v) is 9.42. The molecule has 134 valence electrons. The van der Waals surface area contributed by atoms with E-state index in [2.05, 4.69) is 10.3 Å². The first-order chi connectivity index (χ1) is 12.4. The molecule has 0 saturated carbocycles. The number of nitrogens with zero attached hydrogens (tertiary/aromatic N) is 1. The van der Waals surface area contributed by atoms with Gasteiger partial charge in [0.2, 0.25) is 5.91 Å². The second-order valence-electron chi connectivity index (χ2n) is 5.70. The molecule has 0 bridgehead atoms. The normalized spacial score (nSPS) is 10.8. The SMILES string of the molecule is Cc1nc(-c2ccc(F)cc2)c(CC(=O)NCc2ccc(Cl)cc2Cl)s1. The van der Waals surface area contributed by atoms with Gasteiger partial charge in [0.15, 0.2) is 0 Å². The second-order valence-corrected chi connectivity index (χ2v) is 7.83. The second kappa shape index (κ2) is 8.16. The standard InChI is InChI=1S/C19H15Cl2FN2OS/c1-11-24-19(12-3-6-15(22)7-4-12)17(26-11)9-18(25)23-10-13-2-5-14(20)8-16(13)21/h2-8H,9-10H2,1H3,(H,23,25). The lowest BCUT2D eigenvalue weighted by Gasteiger charge is -2.08. The smallest absolute Gasteiger partial charge is 0.225 e. The summed E-state index contributed by atoms with van der Waals surface area (Å²) in [6, 6.07) is 11.3. The average Bonchev–Trinajstić information content (AvgIpc) is 2.95. The van der Waals surface area contributed by atoms with Crippen molar-refractivity contribution in [3.05, 3.63) is 73.8 Å². The Kier molecular flexibility index (Phi) is 5.91. The van der Waals surface area contributed by atoms with Crippen molar-refractivity contribution in [3.63, 3.8) is 0 Å². The predicted octanol–water partition coefficient (Wildman–Crippen LogP) is 5.42. The topological polar surface area (TPSA) is 42.0 Å². The molecule has 0 spiro atoms. The van der Waals surface area contributed by atoms with Crippen LogP contribution in [0, 0.1) is 12.7 Å². The Balaban J connectivity index is 1.70. The first-order valence-electron chi connectivity index (χ1n) is 7.85. The highest BCUT2D eigenvalue weighted by Gasteiger charge is 2.15. The third-order valence-corrected chi connectivity index (χ3v) is 5.29. The fraction of sp³-hybridized carbons (Fsp3) is 0.158. The van der Waals surface area contributed by atoms with Gasteiger partial charge < -0.3 is 5.32 Å². The minimum absolute atomic E-state index is 0.136. The molecule has 3 nitrogen and oxygen atoms in total. The van der Waals surface area contributed by atoms with Gasteiger partial charge in [0.05, 0.1) is 17.1 Å². The summed E-state index contributed by atoms with van der Waals surface area (Å²) in [5.74, 6) is -0.442. The number of thiazole rings is 1. The van der Waals surface area contributed by atoms with E-state index < -0.39 is 0 Å². The van der Waals surface area contributed by atoms with Gasteiger partial charge in [0.1, 0.15) is 5.82 Å². The number of amides is 1. The van der Waals surface area contributed by atoms with Crippen molar-refractivity contribution in [1.82, 2.24) is 10.3 Å². The number of benzene rings is 2. The Morgan fingerprint density at radius 2 is 1.92 bits per heavy atom. The van der Waals surface area contributed by atoms with E-state index in [4.69, 9.17) is 23.2 Å². The number of rotatable bonds is 5. The Morgan fingerprint density at radius 1 is 1.19 bits per heavy atom. The van der Waals surface area contributed by atoms with E-state index >= 15 is 0 Å². The molecule has 1 amide bonds. The van der Waals surface area contributed by atoms with E-state index in [1.807, 2.05) is 6.92 Å². The van der Waals surface area contributed by atoms with Crippen LogP contribution in [-0.2, 0) is 17.8 Å². The van der Waals surface area contributed by atoms with Crippen molar-refractivity contribution in [3.8, 4) is 11.3 Å². The van der Waals surface area contributed by atoms with Gasteiger partial charge >= 0.3 is 0 Å². The summed E-state index contributed by atoms with van der Waals surface area (Å²) in [6.07, 6.45) is 0.198. The zero-order valence-electron chi connectivity index (χ0n) is 13.9. The minimum Gasteiger partial charge on any atom is -0.352 e. The summed E-state index contributed by atoms with van der Waals surface area (Å²) < 4.78 is 13.1. The quantitative estimate of drug-likeness (QED) is 0.611. The highest BCUT2D eigenvalue weighted by Crippen LogP contribution is 2.29. The van der Waals surface area contributed by atoms with E-state index in [0.29, 0.717) is 22.3 Å². The van der Waals surface area contributed by atoms with E-state index in [0.717, 1.165) is 21.0 Å². The Morgan fingerprint density at radius 3 is 2.62 bits per heavy atom. The van der Waals surface area contributed by atoms with E-state index in [1.54, 1.807) is 30.3 Å². The van der Waals surface area contributed by atoms with E-state index in [-0.39, 0.29) is 18.1 Å². The van der Waals surface area contributed by atoms with Crippen molar-refractivity contribution < 1.29 is 9.18 Å². The minimum atomic E-state index is -0.306. The molecule has 1 N–H and O–H groups in total. The Bertz CT molecular complexity index is 941. The Labute approximate surface area is 164 Å². The average molecular weight is 409 g/mol. The lowest BCUT2D eigenvalue weighted by atomic mass is 10.1. The van der Waals surface area contributed by atoms with Gasteiger partial charge in [-0.3, -0.25) is 4.79 Å². The molecular weight excluding hydrogens is 394 g/mol. The van der Waals surface area contributed by atoms with Gasteiger partial charge in [-0.05, 0) is 48.9 Å². The molecule has 1 heterocycles. The fourth-order valence-electron chi connectivity index (χ4n) is 2.49. The van der Waals surface area contributed by atoms with Crippen molar-refractivity contribution in [2.45, 2.75) is 19.9 Å². The highest BCUT2D eigenvalue weighted by molar-refractivity contribution is 7.12. The Hall–Kier alpha value is -1.95. The van der Waals surface area contributed by atoms with Crippen LogP contribution in [0.2, 0.25) is 10.0 Å². The van der Waals surface area contributed by atoms with Crippen LogP contribution in [0.15, 0.2) is 42.5 Å². The number of halogens is 3. The summed E-state index contributed by atoms with van der Waals surface area (Å²) in [6.45, 7) is 2.20. The molecular formula is C19H15Cl2FN2OS. The molecule has 26 heavy (non-hydrogen) atoms. The van der Waals surface area contributed by atoms with Crippen LogP contribution in [-0.4, -0.2) is 10.9 Å². The number of hydrogen-bond acceptors (Lipinski definition) is 3. The van der Waals surface area contributed by atoms with Crippen molar-refractivity contribution in [2.75, 3.05) is 0 Å². The monoisotopic (exact) mass is 408 g/mol. The van der Waals surface area contributed by atoms with Crippen LogP contribution in [0.1, 0.15) is 15.4 Å². The van der Waals surface area contributed by atoms with Crippen LogP contribution in [0.3, 0.4) is 0 Å². The van der Waals surface area contributed by atoms with Crippen LogP contribution in [0.5, 0.6) is 0 Å². The van der Waals surface area contributed by atoms with Crippen LogP contribution in [0.4, 0.5) is 4.39 Å². The lowest BCUT2D eigenvalue weighted by Crippen LogP contribution is -2.24. The first kappa shape index (κ1) is 18.8. The maximum absolute atomic E-state index is 13.1. The largest absolute Gasteiger partial charge is 0.352 e. The number of aromatic nitrogens is 1. The lowest BCUT2D eigenvalue weighted by molar-refractivity contribution is -0.120. The predicted molar refractivity (Wildman–Crippen MR) is 104 cm³/mol. The van der Waals surface area contributed by atoms with Crippen LogP contribution >= 0.6 is 34.5 Å². The summed E-state index contributed by atoms with van der Waals surface area (Å²) in [5, 5.41) is 4.77. The maximum atomic E-state index is 13.1. The maximum Gasteiger partial charge on any atom is 0.225 e. The van der Waals surface area contributed by atoms with Gasteiger partial charge in [-0.25, -0.2) is 9.37 Å². The summed E-state index contributed by atoms with van der Waals surface area (Å²) in [4.78, 5) is 17.7. The molecule has 0 aliphatic rings. The molecule has 0 saturated heterocycles.